The van der Waals surface area contributed by atoms with E-state index in [9.17, 15) is 36.3 Å². The Kier molecular flexibility index (Phi) is 7.92. The molecule has 1 fully saturated rings. The number of anilines is 2. The normalized spacial score (nSPS) is 17.6. The Balaban J connectivity index is 1.61. The second kappa shape index (κ2) is 10.9. The van der Waals surface area contributed by atoms with E-state index in [1.165, 1.54) is 54.6 Å². The summed E-state index contributed by atoms with van der Waals surface area (Å²) in [5, 5.41) is 15.4. The second-order valence-corrected chi connectivity index (χ2v) is 11.4. The molecule has 1 aliphatic heterocycles. The topological polar surface area (TPSA) is 116 Å². The number of benzene rings is 3. The number of nitrogens with one attached hydrogen (secondary N) is 2. The van der Waals surface area contributed by atoms with Crippen LogP contribution in [0.4, 0.5) is 29.3 Å². The molecule has 1 aliphatic rings. The zero-order valence-corrected chi connectivity index (χ0v) is 21.9. The van der Waals surface area contributed by atoms with Crippen LogP contribution >= 0.6 is 11.6 Å². The maximum absolute atomic E-state index is 14.1. The first-order valence-electron chi connectivity index (χ1n) is 11.6. The van der Waals surface area contributed by atoms with Crippen LogP contribution in [0.2, 0.25) is 5.02 Å². The van der Waals surface area contributed by atoms with Gasteiger partial charge in [0, 0.05) is 35.5 Å². The molecule has 0 aromatic heterocycles. The molecule has 0 bridgehead atoms. The van der Waals surface area contributed by atoms with Crippen molar-refractivity contribution in [2.45, 2.75) is 29.6 Å². The zero-order chi connectivity index (χ0) is 28.5. The lowest BCUT2D eigenvalue weighted by atomic mass is 10.0. The zero-order valence-electron chi connectivity index (χ0n) is 20.4. The molecule has 0 unspecified atom stereocenters. The van der Waals surface area contributed by atoms with Crippen molar-refractivity contribution < 1.29 is 36.3 Å². The molecule has 3 amide bonds. The van der Waals surface area contributed by atoms with Crippen LogP contribution in [0.25, 0.3) is 11.1 Å². The molecule has 0 radical (unpaired) electrons. The number of aliphatic hydroxyl groups is 1. The number of urea groups is 1. The van der Waals surface area contributed by atoms with Gasteiger partial charge in [-0.05, 0) is 48.0 Å². The molecule has 8 nitrogen and oxygen atoms in total. The summed E-state index contributed by atoms with van der Waals surface area (Å²) >= 11 is 5.84. The van der Waals surface area contributed by atoms with Gasteiger partial charge in [-0.25, -0.2) is 13.2 Å². The second-order valence-electron chi connectivity index (χ2n) is 9.01. The van der Waals surface area contributed by atoms with Crippen LogP contribution in [-0.2, 0) is 20.8 Å². The highest BCUT2D eigenvalue weighted by atomic mass is 35.5. The summed E-state index contributed by atoms with van der Waals surface area (Å²) in [6.45, 7) is -0.204. The van der Waals surface area contributed by atoms with Crippen LogP contribution in [0.5, 0.6) is 0 Å². The van der Waals surface area contributed by atoms with Gasteiger partial charge in [0.1, 0.15) is 6.04 Å². The van der Waals surface area contributed by atoms with E-state index in [4.69, 9.17) is 11.6 Å². The fourth-order valence-electron chi connectivity index (χ4n) is 4.32. The summed E-state index contributed by atoms with van der Waals surface area (Å²) < 4.78 is 66.5. The molecule has 39 heavy (non-hydrogen) atoms. The number of hydrogen-bond donors (Lipinski definition) is 3. The molecule has 206 valence electrons. The molecule has 3 aromatic carbocycles. The molecule has 0 aliphatic carbocycles. The minimum atomic E-state index is -4.90. The number of likely N-dealkylation sites (tertiary alicyclic amines) is 1. The SMILES string of the molecule is CS(=O)(=O)c1ccccc1-c1ccc(NC(=O)[C@H]2C[C@@H](O)CN2C(=O)Nc2ccc(Cl)cc2)c(C(F)(F)F)c1. The third-order valence-electron chi connectivity index (χ3n) is 6.12. The first-order chi connectivity index (χ1) is 18.2. The van der Waals surface area contributed by atoms with E-state index in [0.717, 1.165) is 23.3 Å². The maximum atomic E-state index is 14.1. The number of rotatable bonds is 5. The van der Waals surface area contributed by atoms with Crippen LogP contribution in [0, 0.1) is 0 Å². The van der Waals surface area contributed by atoms with Gasteiger partial charge in [-0.15, -0.1) is 0 Å². The lowest BCUT2D eigenvalue weighted by Crippen LogP contribution is -2.45. The summed E-state index contributed by atoms with van der Waals surface area (Å²) in [7, 11) is -3.74. The summed E-state index contributed by atoms with van der Waals surface area (Å²) in [4.78, 5) is 26.8. The van der Waals surface area contributed by atoms with Crippen molar-refractivity contribution in [2.24, 2.45) is 0 Å². The number of alkyl halides is 3. The lowest BCUT2D eigenvalue weighted by Gasteiger charge is -2.25. The first kappa shape index (κ1) is 28.4. The largest absolute Gasteiger partial charge is 0.418 e. The van der Waals surface area contributed by atoms with E-state index in [1.54, 1.807) is 0 Å². The van der Waals surface area contributed by atoms with Crippen molar-refractivity contribution in [3.63, 3.8) is 0 Å². The van der Waals surface area contributed by atoms with Crippen LogP contribution in [0.1, 0.15) is 12.0 Å². The van der Waals surface area contributed by atoms with E-state index in [1.807, 2.05) is 0 Å². The highest BCUT2D eigenvalue weighted by molar-refractivity contribution is 7.90. The minimum absolute atomic E-state index is 0.0124. The maximum Gasteiger partial charge on any atom is 0.418 e. The lowest BCUT2D eigenvalue weighted by molar-refractivity contribution is -0.137. The number of sulfone groups is 1. The van der Waals surface area contributed by atoms with Crippen molar-refractivity contribution >= 4 is 44.8 Å². The number of nitrogens with zero attached hydrogens (tertiary/aromatic N) is 1. The number of aliphatic hydroxyl groups excluding tert-OH is 1. The van der Waals surface area contributed by atoms with Gasteiger partial charge in [0.2, 0.25) is 5.91 Å². The van der Waals surface area contributed by atoms with E-state index < -0.39 is 51.3 Å². The molecule has 1 heterocycles. The Morgan fingerprint density at radius 3 is 2.33 bits per heavy atom. The Morgan fingerprint density at radius 2 is 1.69 bits per heavy atom. The third kappa shape index (κ3) is 6.52. The molecule has 3 aromatic rings. The highest BCUT2D eigenvalue weighted by Crippen LogP contribution is 2.39. The molecule has 13 heteroatoms. The summed E-state index contributed by atoms with van der Waals surface area (Å²) in [5.74, 6) is -0.924. The average molecular weight is 582 g/mol. The third-order valence-corrected chi connectivity index (χ3v) is 7.53. The summed E-state index contributed by atoms with van der Waals surface area (Å²) in [6, 6.07) is 12.9. The van der Waals surface area contributed by atoms with Crippen molar-refractivity contribution in [2.75, 3.05) is 23.4 Å². The predicted octanol–water partition coefficient (Wildman–Crippen LogP) is 5.04. The minimum Gasteiger partial charge on any atom is -0.391 e. The number of amides is 3. The van der Waals surface area contributed by atoms with E-state index in [-0.39, 0.29) is 29.0 Å². The molecule has 1 saturated heterocycles. The first-order valence-corrected chi connectivity index (χ1v) is 13.8. The van der Waals surface area contributed by atoms with Crippen LogP contribution in [-0.4, -0.2) is 55.3 Å². The molecule has 0 saturated carbocycles. The van der Waals surface area contributed by atoms with Crippen molar-refractivity contribution in [3.8, 4) is 11.1 Å². The number of β-amino-alcohol motifs (C(OH)–C–C–N with tert-alkyl or cyclic N) is 1. The van der Waals surface area contributed by atoms with Crippen LogP contribution in [0.3, 0.4) is 0 Å². The fourth-order valence-corrected chi connectivity index (χ4v) is 5.35. The predicted molar refractivity (Wildman–Crippen MR) is 140 cm³/mol. The Labute approximate surface area is 227 Å². The van der Waals surface area contributed by atoms with Crippen molar-refractivity contribution in [1.82, 2.24) is 4.90 Å². The molecule has 3 N–H and O–H groups in total. The van der Waals surface area contributed by atoms with Crippen LogP contribution < -0.4 is 10.6 Å². The quantitative estimate of drug-likeness (QED) is 0.391. The van der Waals surface area contributed by atoms with Gasteiger partial charge in [0.05, 0.1) is 22.3 Å². The van der Waals surface area contributed by atoms with Crippen molar-refractivity contribution in [1.29, 1.82) is 0 Å². The van der Waals surface area contributed by atoms with E-state index in [2.05, 4.69) is 10.6 Å². The smallest absolute Gasteiger partial charge is 0.391 e. The van der Waals surface area contributed by atoms with Gasteiger partial charge < -0.3 is 20.6 Å². The number of carbonyl (C=O) groups is 2. The standard InChI is InChI=1S/C26H23ClF3N3O5S/c1-39(37,38)23-5-3-2-4-19(23)15-6-11-21(20(12-15)26(28,29)30)32-24(35)22-13-18(34)14-33(22)25(36)31-17-9-7-16(27)8-10-17/h2-12,18,22,34H,13-14H2,1H3,(H,31,36)(H,32,35)/t18-,22-/m1/s1. The number of carbonyl (C=O) groups excluding carboxylic acids is 2. The molecule has 0 spiro atoms. The van der Waals surface area contributed by atoms with E-state index >= 15 is 0 Å². The van der Waals surface area contributed by atoms with Gasteiger partial charge in [-0.1, -0.05) is 35.9 Å². The van der Waals surface area contributed by atoms with E-state index in [0.29, 0.717) is 10.7 Å². The highest BCUT2D eigenvalue weighted by Gasteiger charge is 2.40. The monoisotopic (exact) mass is 581 g/mol. The van der Waals surface area contributed by atoms with Crippen LogP contribution in [0.15, 0.2) is 71.6 Å². The Morgan fingerprint density at radius 1 is 1.03 bits per heavy atom. The average Bonchev–Trinajstić information content (AvgIpc) is 3.26. The number of halogens is 4. The molecular formula is C26H23ClF3N3O5S. The van der Waals surface area contributed by atoms with Gasteiger partial charge >= 0.3 is 12.2 Å². The summed E-state index contributed by atoms with van der Waals surface area (Å²) in [6.07, 6.45) is -5.19. The number of hydrogen-bond acceptors (Lipinski definition) is 5. The summed E-state index contributed by atoms with van der Waals surface area (Å²) in [5.41, 5.74) is -1.34. The van der Waals surface area contributed by atoms with Gasteiger partial charge in [-0.3, -0.25) is 4.79 Å². The van der Waals surface area contributed by atoms with Crippen molar-refractivity contribution in [3.05, 3.63) is 77.3 Å². The Hall–Kier alpha value is -3.61. The van der Waals surface area contributed by atoms with Gasteiger partial charge in [0.15, 0.2) is 9.84 Å². The molecule has 2 atom stereocenters. The molecule has 4 rings (SSSR count). The van der Waals surface area contributed by atoms with Gasteiger partial charge in [0.25, 0.3) is 0 Å². The fraction of sp³-hybridized carbons (Fsp3) is 0.231. The Bertz CT molecular complexity index is 1510. The van der Waals surface area contributed by atoms with Gasteiger partial charge in [-0.2, -0.15) is 13.2 Å². The molecular weight excluding hydrogens is 559 g/mol.